The normalized spacial score (nSPS) is 10.5. The van der Waals surface area contributed by atoms with Crippen molar-refractivity contribution in [2.75, 3.05) is 5.75 Å². The van der Waals surface area contributed by atoms with Crippen molar-refractivity contribution < 1.29 is 9.18 Å². The fourth-order valence-electron chi connectivity index (χ4n) is 1.43. The summed E-state index contributed by atoms with van der Waals surface area (Å²) in [4.78, 5) is 13.5. The first kappa shape index (κ1) is 12.3. The van der Waals surface area contributed by atoms with Crippen molar-refractivity contribution in [3.05, 3.63) is 52.0 Å². The van der Waals surface area contributed by atoms with E-state index in [-0.39, 0.29) is 11.6 Å². The topological polar surface area (TPSA) is 17.1 Å². The molecule has 0 radical (unpaired) electrons. The third kappa shape index (κ3) is 3.17. The van der Waals surface area contributed by atoms with Gasteiger partial charge in [0.1, 0.15) is 5.82 Å². The van der Waals surface area contributed by atoms with E-state index in [1.54, 1.807) is 6.07 Å². The number of benzene rings is 1. The number of ketones is 1. The molecule has 0 fully saturated rings. The SMILES string of the molecule is Cc1ccsc1C(=O)CSc1cccc(F)c1. The van der Waals surface area contributed by atoms with E-state index < -0.39 is 0 Å². The van der Waals surface area contributed by atoms with Gasteiger partial charge >= 0.3 is 0 Å². The molecule has 17 heavy (non-hydrogen) atoms. The first-order valence-corrected chi connectivity index (χ1v) is 6.99. The van der Waals surface area contributed by atoms with Crippen molar-refractivity contribution in [3.63, 3.8) is 0 Å². The lowest BCUT2D eigenvalue weighted by Gasteiger charge is -2.01. The Morgan fingerprint density at radius 3 is 2.88 bits per heavy atom. The standard InChI is InChI=1S/C13H11FOS2/c1-9-5-6-16-13(9)12(15)8-17-11-4-2-3-10(14)7-11/h2-7H,8H2,1H3. The zero-order chi connectivity index (χ0) is 12.3. The van der Waals surface area contributed by atoms with Crippen LogP contribution in [0, 0.1) is 12.7 Å². The molecular weight excluding hydrogens is 255 g/mol. The van der Waals surface area contributed by atoms with Gasteiger partial charge in [0.05, 0.1) is 10.6 Å². The van der Waals surface area contributed by atoms with Gasteiger partial charge in [0.2, 0.25) is 0 Å². The monoisotopic (exact) mass is 266 g/mol. The molecule has 0 aliphatic rings. The van der Waals surface area contributed by atoms with E-state index in [9.17, 15) is 9.18 Å². The van der Waals surface area contributed by atoms with Gasteiger partial charge in [-0.05, 0) is 42.1 Å². The number of Topliss-reactive ketones (excluding diaryl/α,β-unsaturated/α-hetero) is 1. The average Bonchev–Trinajstić information content (AvgIpc) is 2.72. The number of carbonyl (C=O) groups is 1. The van der Waals surface area contributed by atoms with Crippen LogP contribution < -0.4 is 0 Å². The van der Waals surface area contributed by atoms with Gasteiger partial charge in [-0.3, -0.25) is 4.79 Å². The molecule has 0 saturated carbocycles. The van der Waals surface area contributed by atoms with Crippen molar-refractivity contribution in [3.8, 4) is 0 Å². The molecular formula is C13H11FOS2. The van der Waals surface area contributed by atoms with Crippen LogP contribution in [0.25, 0.3) is 0 Å². The maximum Gasteiger partial charge on any atom is 0.183 e. The number of aryl methyl sites for hydroxylation is 1. The summed E-state index contributed by atoms with van der Waals surface area (Å²) in [6.07, 6.45) is 0. The summed E-state index contributed by atoms with van der Waals surface area (Å²) in [6.45, 7) is 1.93. The van der Waals surface area contributed by atoms with Crippen molar-refractivity contribution in [2.24, 2.45) is 0 Å². The maximum atomic E-state index is 12.9. The quantitative estimate of drug-likeness (QED) is 0.610. The Morgan fingerprint density at radius 2 is 2.24 bits per heavy atom. The predicted molar refractivity (Wildman–Crippen MR) is 70.5 cm³/mol. The summed E-state index contributed by atoms with van der Waals surface area (Å²) in [7, 11) is 0. The van der Waals surface area contributed by atoms with Gasteiger partial charge in [0.15, 0.2) is 5.78 Å². The lowest BCUT2D eigenvalue weighted by Crippen LogP contribution is -2.01. The zero-order valence-corrected chi connectivity index (χ0v) is 10.9. The Labute approximate surface area is 108 Å². The van der Waals surface area contributed by atoms with Crippen LogP contribution in [0.15, 0.2) is 40.6 Å². The number of carbonyl (C=O) groups excluding carboxylic acids is 1. The zero-order valence-electron chi connectivity index (χ0n) is 9.27. The van der Waals surface area contributed by atoms with E-state index in [1.165, 1.54) is 35.2 Å². The lowest BCUT2D eigenvalue weighted by molar-refractivity contribution is 0.102. The van der Waals surface area contributed by atoms with E-state index in [2.05, 4.69) is 0 Å². The minimum absolute atomic E-state index is 0.103. The van der Waals surface area contributed by atoms with E-state index in [1.807, 2.05) is 24.4 Å². The smallest absolute Gasteiger partial charge is 0.183 e. The van der Waals surface area contributed by atoms with Gasteiger partial charge in [-0.1, -0.05) is 6.07 Å². The Kier molecular flexibility index (Phi) is 3.97. The highest BCUT2D eigenvalue weighted by atomic mass is 32.2. The molecule has 0 aliphatic carbocycles. The van der Waals surface area contributed by atoms with Crippen LogP contribution in [0.2, 0.25) is 0 Å². The van der Waals surface area contributed by atoms with E-state index in [4.69, 9.17) is 0 Å². The molecule has 0 spiro atoms. The fraction of sp³-hybridized carbons (Fsp3) is 0.154. The van der Waals surface area contributed by atoms with E-state index in [0.29, 0.717) is 5.75 Å². The summed E-state index contributed by atoms with van der Waals surface area (Å²) in [5.74, 6) is 0.187. The molecule has 0 saturated heterocycles. The summed E-state index contributed by atoms with van der Waals surface area (Å²) >= 11 is 2.83. The molecule has 2 aromatic rings. The minimum Gasteiger partial charge on any atom is -0.292 e. The first-order chi connectivity index (χ1) is 8.16. The van der Waals surface area contributed by atoms with Gasteiger partial charge in [0.25, 0.3) is 0 Å². The van der Waals surface area contributed by atoms with Gasteiger partial charge in [-0.2, -0.15) is 0 Å². The Bertz CT molecular complexity index is 534. The van der Waals surface area contributed by atoms with Gasteiger partial charge in [0, 0.05) is 4.90 Å². The highest BCUT2D eigenvalue weighted by Crippen LogP contribution is 2.23. The predicted octanol–water partition coefficient (Wildman–Crippen LogP) is 4.17. The second kappa shape index (κ2) is 5.47. The van der Waals surface area contributed by atoms with Crippen LogP contribution in [-0.4, -0.2) is 11.5 Å². The largest absolute Gasteiger partial charge is 0.292 e. The molecule has 1 aromatic carbocycles. The molecule has 0 N–H and O–H groups in total. The first-order valence-electron chi connectivity index (χ1n) is 5.12. The molecule has 0 unspecified atom stereocenters. The van der Waals surface area contributed by atoms with Crippen LogP contribution in [0.4, 0.5) is 4.39 Å². The molecule has 0 bridgehead atoms. The molecule has 2 rings (SSSR count). The molecule has 0 amide bonds. The van der Waals surface area contributed by atoms with Crippen LogP contribution in [-0.2, 0) is 0 Å². The minimum atomic E-state index is -0.269. The molecule has 4 heteroatoms. The lowest BCUT2D eigenvalue weighted by atomic mass is 10.2. The van der Waals surface area contributed by atoms with Crippen LogP contribution in [0.1, 0.15) is 15.2 Å². The van der Waals surface area contributed by atoms with Crippen molar-refractivity contribution in [1.29, 1.82) is 0 Å². The summed E-state index contributed by atoms with van der Waals surface area (Å²) in [5, 5.41) is 1.91. The molecule has 1 nitrogen and oxygen atoms in total. The highest BCUT2D eigenvalue weighted by Gasteiger charge is 2.10. The van der Waals surface area contributed by atoms with Crippen molar-refractivity contribution in [1.82, 2.24) is 0 Å². The molecule has 1 aromatic heterocycles. The Balaban J connectivity index is 1.99. The number of hydrogen-bond donors (Lipinski definition) is 0. The number of rotatable bonds is 4. The summed E-state index contributed by atoms with van der Waals surface area (Å²) in [6, 6.07) is 8.24. The number of thiophene rings is 1. The van der Waals surface area contributed by atoms with E-state index >= 15 is 0 Å². The number of thioether (sulfide) groups is 1. The fourth-order valence-corrected chi connectivity index (χ4v) is 3.20. The maximum absolute atomic E-state index is 12.9. The molecule has 88 valence electrons. The van der Waals surface area contributed by atoms with Crippen molar-refractivity contribution >= 4 is 28.9 Å². The molecule has 0 atom stereocenters. The van der Waals surface area contributed by atoms with Gasteiger partial charge in [-0.25, -0.2) is 4.39 Å². The Morgan fingerprint density at radius 1 is 1.41 bits per heavy atom. The van der Waals surface area contributed by atoms with E-state index in [0.717, 1.165) is 15.3 Å². The molecule has 1 heterocycles. The third-order valence-electron chi connectivity index (χ3n) is 2.28. The highest BCUT2D eigenvalue weighted by molar-refractivity contribution is 8.00. The summed E-state index contributed by atoms with van der Waals surface area (Å²) < 4.78 is 12.9. The number of hydrogen-bond acceptors (Lipinski definition) is 3. The molecule has 0 aliphatic heterocycles. The second-order valence-electron chi connectivity index (χ2n) is 3.60. The van der Waals surface area contributed by atoms with Crippen LogP contribution in [0.3, 0.4) is 0 Å². The van der Waals surface area contributed by atoms with Gasteiger partial charge in [-0.15, -0.1) is 23.1 Å². The van der Waals surface area contributed by atoms with Crippen LogP contribution in [0.5, 0.6) is 0 Å². The third-order valence-corrected chi connectivity index (χ3v) is 4.33. The Hall–Kier alpha value is -1.13. The summed E-state index contributed by atoms with van der Waals surface area (Å²) in [5.41, 5.74) is 1.01. The second-order valence-corrected chi connectivity index (χ2v) is 5.57. The average molecular weight is 266 g/mol. The van der Waals surface area contributed by atoms with Gasteiger partial charge < -0.3 is 0 Å². The van der Waals surface area contributed by atoms with Crippen molar-refractivity contribution in [2.45, 2.75) is 11.8 Å². The van der Waals surface area contributed by atoms with Crippen LogP contribution >= 0.6 is 23.1 Å². The number of halogens is 1.